The zero-order valence-electron chi connectivity index (χ0n) is 10.3. The number of unbranched alkanes of at least 4 members (excludes halogenated alkanes) is 2. The molecule has 0 amide bonds. The second-order valence-electron chi connectivity index (χ2n) is 4.17. The molecule has 0 atom stereocenters. The molecule has 0 saturated carbocycles. The number of rotatable bonds is 8. The quantitative estimate of drug-likeness (QED) is 0.659. The van der Waals surface area contributed by atoms with Crippen molar-refractivity contribution in [2.45, 2.75) is 46.1 Å². The van der Waals surface area contributed by atoms with Crippen LogP contribution in [0.15, 0.2) is 15.9 Å². The molecule has 0 N–H and O–H groups in total. The molecule has 1 rings (SSSR count). The van der Waals surface area contributed by atoms with Crippen molar-refractivity contribution in [1.82, 2.24) is 4.90 Å². The van der Waals surface area contributed by atoms with Gasteiger partial charge in [-0.1, -0.05) is 26.7 Å². The Morgan fingerprint density at radius 3 is 2.25 bits per heavy atom. The molecule has 0 aliphatic rings. The molecule has 16 heavy (non-hydrogen) atoms. The molecular weight excluding hydrogens is 282 g/mol. The maximum absolute atomic E-state index is 3.61. The number of hydrogen-bond acceptors (Lipinski definition) is 2. The van der Waals surface area contributed by atoms with Gasteiger partial charge in [0.25, 0.3) is 0 Å². The Balaban J connectivity index is 2.45. The first-order valence-corrected chi connectivity index (χ1v) is 7.89. The van der Waals surface area contributed by atoms with Crippen LogP contribution in [0.2, 0.25) is 0 Å². The lowest BCUT2D eigenvalue weighted by atomic mass is 10.2. The van der Waals surface area contributed by atoms with Gasteiger partial charge in [0.05, 0.1) is 0 Å². The van der Waals surface area contributed by atoms with Crippen molar-refractivity contribution in [1.29, 1.82) is 0 Å². The molecule has 3 heteroatoms. The van der Waals surface area contributed by atoms with Gasteiger partial charge in [-0.05, 0) is 53.3 Å². The number of halogens is 1. The summed E-state index contributed by atoms with van der Waals surface area (Å²) in [5.74, 6) is 0. The Morgan fingerprint density at radius 2 is 1.81 bits per heavy atom. The van der Waals surface area contributed by atoms with Crippen molar-refractivity contribution in [2.75, 3.05) is 13.1 Å². The van der Waals surface area contributed by atoms with Crippen LogP contribution in [0.25, 0.3) is 0 Å². The molecule has 1 aromatic heterocycles. The molecule has 0 bridgehead atoms. The molecule has 1 nitrogen and oxygen atoms in total. The highest BCUT2D eigenvalue weighted by molar-refractivity contribution is 9.10. The minimum atomic E-state index is 1.11. The Labute approximate surface area is 112 Å². The summed E-state index contributed by atoms with van der Waals surface area (Å²) in [5, 5.41) is 2.16. The Morgan fingerprint density at radius 1 is 1.19 bits per heavy atom. The molecule has 0 aliphatic carbocycles. The molecule has 0 saturated heterocycles. The molecule has 1 heterocycles. The van der Waals surface area contributed by atoms with E-state index in [1.54, 1.807) is 0 Å². The topological polar surface area (TPSA) is 3.24 Å². The summed E-state index contributed by atoms with van der Waals surface area (Å²) in [5.41, 5.74) is 0. The summed E-state index contributed by atoms with van der Waals surface area (Å²) in [6, 6.07) is 2.15. The van der Waals surface area contributed by atoms with Crippen LogP contribution in [0, 0.1) is 0 Å². The van der Waals surface area contributed by atoms with Crippen LogP contribution in [-0.4, -0.2) is 18.0 Å². The summed E-state index contributed by atoms with van der Waals surface area (Å²) >= 11 is 5.47. The van der Waals surface area contributed by atoms with E-state index < -0.39 is 0 Å². The Bertz CT molecular complexity index is 277. The van der Waals surface area contributed by atoms with Gasteiger partial charge in [0.1, 0.15) is 0 Å². The zero-order valence-corrected chi connectivity index (χ0v) is 12.7. The van der Waals surface area contributed by atoms with Crippen LogP contribution in [-0.2, 0) is 6.54 Å². The first-order valence-electron chi connectivity index (χ1n) is 6.22. The van der Waals surface area contributed by atoms with Crippen LogP contribution in [0.4, 0.5) is 0 Å². The highest BCUT2D eigenvalue weighted by Gasteiger charge is 2.08. The van der Waals surface area contributed by atoms with Crippen LogP contribution >= 0.6 is 27.3 Å². The predicted octanol–water partition coefficient (Wildman–Crippen LogP) is 4.91. The van der Waals surface area contributed by atoms with Gasteiger partial charge < -0.3 is 0 Å². The largest absolute Gasteiger partial charge is 0.298 e. The maximum Gasteiger partial charge on any atom is 0.0339 e. The first kappa shape index (κ1) is 14.2. The maximum atomic E-state index is 3.61. The molecule has 0 fully saturated rings. The van der Waals surface area contributed by atoms with E-state index in [0.717, 1.165) is 6.54 Å². The molecule has 0 aromatic carbocycles. The van der Waals surface area contributed by atoms with Gasteiger partial charge in [-0.15, -0.1) is 11.3 Å². The molecule has 0 unspecified atom stereocenters. The third kappa shape index (κ3) is 4.98. The second kappa shape index (κ2) is 8.26. The average Bonchev–Trinajstić information content (AvgIpc) is 2.68. The Hall–Kier alpha value is 0.140. The number of hydrogen-bond donors (Lipinski definition) is 0. The van der Waals surface area contributed by atoms with Crippen LogP contribution in [0.3, 0.4) is 0 Å². The van der Waals surface area contributed by atoms with Gasteiger partial charge >= 0.3 is 0 Å². The monoisotopic (exact) mass is 303 g/mol. The van der Waals surface area contributed by atoms with E-state index in [4.69, 9.17) is 0 Å². The standard InChI is InChI=1S/C13H22BrNS/c1-3-5-8-15(9-6-4-2)11-13-12(14)7-10-16-13/h7,10H,3-6,8-9,11H2,1-2H3. The van der Waals surface area contributed by atoms with Gasteiger partial charge in [-0.3, -0.25) is 4.90 Å². The summed E-state index contributed by atoms with van der Waals surface area (Å²) in [7, 11) is 0. The lowest BCUT2D eigenvalue weighted by Gasteiger charge is -2.21. The van der Waals surface area contributed by atoms with Crippen LogP contribution < -0.4 is 0 Å². The minimum absolute atomic E-state index is 1.11. The lowest BCUT2D eigenvalue weighted by Crippen LogP contribution is -2.25. The highest BCUT2D eigenvalue weighted by Crippen LogP contribution is 2.24. The predicted molar refractivity (Wildman–Crippen MR) is 77.1 cm³/mol. The van der Waals surface area contributed by atoms with Crippen LogP contribution in [0.1, 0.15) is 44.4 Å². The highest BCUT2D eigenvalue weighted by atomic mass is 79.9. The van der Waals surface area contributed by atoms with Crippen molar-refractivity contribution in [3.05, 3.63) is 20.8 Å². The van der Waals surface area contributed by atoms with Crippen molar-refractivity contribution in [2.24, 2.45) is 0 Å². The van der Waals surface area contributed by atoms with E-state index in [1.165, 1.54) is 48.1 Å². The first-order chi connectivity index (χ1) is 7.77. The van der Waals surface area contributed by atoms with E-state index in [-0.39, 0.29) is 0 Å². The number of thiophene rings is 1. The van der Waals surface area contributed by atoms with E-state index in [1.807, 2.05) is 11.3 Å². The van der Waals surface area contributed by atoms with Gasteiger partial charge in [0, 0.05) is 15.9 Å². The minimum Gasteiger partial charge on any atom is -0.298 e. The zero-order chi connectivity index (χ0) is 11.8. The second-order valence-corrected chi connectivity index (χ2v) is 6.03. The van der Waals surface area contributed by atoms with Crippen molar-refractivity contribution >= 4 is 27.3 Å². The summed E-state index contributed by atoms with van der Waals surface area (Å²) < 4.78 is 1.27. The van der Waals surface area contributed by atoms with Gasteiger partial charge in [0.2, 0.25) is 0 Å². The summed E-state index contributed by atoms with van der Waals surface area (Å²) in [6.07, 6.45) is 5.20. The summed E-state index contributed by atoms with van der Waals surface area (Å²) in [4.78, 5) is 4.05. The molecule has 0 aliphatic heterocycles. The fraction of sp³-hybridized carbons (Fsp3) is 0.692. The normalized spacial score (nSPS) is 11.2. The third-order valence-electron chi connectivity index (χ3n) is 2.71. The fourth-order valence-electron chi connectivity index (χ4n) is 1.67. The van der Waals surface area contributed by atoms with E-state index in [2.05, 4.69) is 46.1 Å². The van der Waals surface area contributed by atoms with Crippen molar-refractivity contribution in [3.63, 3.8) is 0 Å². The van der Waals surface area contributed by atoms with Crippen LogP contribution in [0.5, 0.6) is 0 Å². The Kier molecular flexibility index (Phi) is 7.33. The average molecular weight is 304 g/mol. The van der Waals surface area contributed by atoms with E-state index >= 15 is 0 Å². The SMILES string of the molecule is CCCCN(CCCC)Cc1sccc1Br. The third-order valence-corrected chi connectivity index (χ3v) is 4.63. The van der Waals surface area contributed by atoms with Crippen molar-refractivity contribution in [3.8, 4) is 0 Å². The van der Waals surface area contributed by atoms with Gasteiger partial charge in [-0.25, -0.2) is 0 Å². The fourth-order valence-corrected chi connectivity index (χ4v) is 3.19. The molecule has 0 spiro atoms. The molecule has 92 valence electrons. The number of nitrogens with zero attached hydrogens (tertiary/aromatic N) is 1. The molecule has 0 radical (unpaired) electrons. The molecule has 1 aromatic rings. The van der Waals surface area contributed by atoms with E-state index in [0.29, 0.717) is 0 Å². The van der Waals surface area contributed by atoms with Crippen molar-refractivity contribution < 1.29 is 0 Å². The van der Waals surface area contributed by atoms with Gasteiger partial charge in [0.15, 0.2) is 0 Å². The van der Waals surface area contributed by atoms with E-state index in [9.17, 15) is 0 Å². The lowest BCUT2D eigenvalue weighted by molar-refractivity contribution is 0.259. The summed E-state index contributed by atoms with van der Waals surface area (Å²) in [6.45, 7) is 8.11. The smallest absolute Gasteiger partial charge is 0.0339 e. The van der Waals surface area contributed by atoms with Gasteiger partial charge in [-0.2, -0.15) is 0 Å². The molecular formula is C13H22BrNS.